The van der Waals surface area contributed by atoms with Gasteiger partial charge in [-0.15, -0.1) is 0 Å². The third-order valence-electron chi connectivity index (χ3n) is 4.83. The average molecular weight is 399 g/mol. The van der Waals surface area contributed by atoms with E-state index in [0.29, 0.717) is 38.3 Å². The fraction of sp³-hybridized carbons (Fsp3) is 0.632. The number of benzene rings is 1. The Labute approximate surface area is 162 Å². The van der Waals surface area contributed by atoms with Gasteiger partial charge >= 0.3 is 0 Å². The summed E-state index contributed by atoms with van der Waals surface area (Å²) >= 11 is 0. The molecule has 8 heteroatoms. The number of methoxy groups -OCH3 is 2. The van der Waals surface area contributed by atoms with Gasteiger partial charge in [-0.1, -0.05) is 19.9 Å². The van der Waals surface area contributed by atoms with E-state index in [0.717, 1.165) is 5.56 Å². The molecule has 1 N–H and O–H groups in total. The molecule has 27 heavy (non-hydrogen) atoms. The van der Waals surface area contributed by atoms with Crippen LogP contribution in [-0.2, 0) is 19.6 Å². The maximum absolute atomic E-state index is 13.3. The van der Waals surface area contributed by atoms with Crippen molar-refractivity contribution in [3.63, 3.8) is 0 Å². The summed E-state index contributed by atoms with van der Waals surface area (Å²) in [6.45, 7) is 5.46. The van der Waals surface area contributed by atoms with Crippen LogP contribution >= 0.6 is 0 Å². The molecule has 0 unspecified atom stereocenters. The molecular formula is C19H30N2O5S. The Morgan fingerprint density at radius 3 is 2.70 bits per heavy atom. The first-order valence-corrected chi connectivity index (χ1v) is 10.7. The smallest absolute Gasteiger partial charge is 0.246 e. The van der Waals surface area contributed by atoms with E-state index in [1.165, 1.54) is 11.4 Å². The van der Waals surface area contributed by atoms with Gasteiger partial charge in [-0.2, -0.15) is 4.31 Å². The summed E-state index contributed by atoms with van der Waals surface area (Å²) in [5, 5.41) is 2.80. The van der Waals surface area contributed by atoms with Crippen LogP contribution in [0.25, 0.3) is 0 Å². The molecule has 2 rings (SSSR count). The highest BCUT2D eigenvalue weighted by molar-refractivity contribution is 7.89. The zero-order valence-corrected chi connectivity index (χ0v) is 17.3. The molecule has 1 aliphatic heterocycles. The Morgan fingerprint density at radius 1 is 1.33 bits per heavy atom. The second-order valence-corrected chi connectivity index (χ2v) is 8.96. The Morgan fingerprint density at radius 2 is 2.07 bits per heavy atom. The molecule has 0 aliphatic carbocycles. The molecule has 1 atom stereocenters. The van der Waals surface area contributed by atoms with Crippen LogP contribution in [0.3, 0.4) is 0 Å². The minimum atomic E-state index is -3.75. The molecule has 1 heterocycles. The van der Waals surface area contributed by atoms with E-state index >= 15 is 0 Å². The molecule has 1 aliphatic rings. The summed E-state index contributed by atoms with van der Waals surface area (Å²) in [5.74, 6) is 0.0381. The standard InChI is InChI=1S/C19H30N2O5S/c1-14(2)15-7-8-17(26-4)18(12-15)27(23,24)21-10-5-6-16(13-21)19(22)20-9-11-25-3/h7-8,12,14,16H,5-6,9-11,13H2,1-4H3,(H,20,22)/t16-/m0/s1. The summed E-state index contributed by atoms with van der Waals surface area (Å²) in [6, 6.07) is 5.26. The van der Waals surface area contributed by atoms with Crippen molar-refractivity contribution in [2.24, 2.45) is 5.92 Å². The van der Waals surface area contributed by atoms with E-state index in [-0.39, 0.29) is 29.2 Å². The molecule has 1 aromatic carbocycles. The van der Waals surface area contributed by atoms with Crippen molar-refractivity contribution in [3.8, 4) is 5.75 Å². The van der Waals surface area contributed by atoms with E-state index in [1.807, 2.05) is 19.9 Å². The highest BCUT2D eigenvalue weighted by Crippen LogP contribution is 2.32. The number of carbonyl (C=O) groups is 1. The summed E-state index contributed by atoms with van der Waals surface area (Å²) in [7, 11) is -0.716. The Bertz CT molecular complexity index is 748. The van der Waals surface area contributed by atoms with E-state index in [1.54, 1.807) is 19.2 Å². The number of piperidine rings is 1. The van der Waals surface area contributed by atoms with Gasteiger partial charge in [0, 0.05) is 26.7 Å². The maximum atomic E-state index is 13.3. The van der Waals surface area contributed by atoms with Crippen LogP contribution in [0.1, 0.15) is 38.2 Å². The molecule has 1 fully saturated rings. The van der Waals surface area contributed by atoms with Crippen molar-refractivity contribution < 1.29 is 22.7 Å². The molecule has 1 amide bonds. The number of carbonyl (C=O) groups excluding carboxylic acids is 1. The van der Waals surface area contributed by atoms with Gasteiger partial charge in [-0.05, 0) is 36.5 Å². The van der Waals surface area contributed by atoms with Gasteiger partial charge in [-0.25, -0.2) is 8.42 Å². The lowest BCUT2D eigenvalue weighted by atomic mass is 9.99. The lowest BCUT2D eigenvalue weighted by molar-refractivity contribution is -0.126. The van der Waals surface area contributed by atoms with Crippen LogP contribution < -0.4 is 10.1 Å². The van der Waals surface area contributed by atoms with Crippen molar-refractivity contribution in [2.75, 3.05) is 40.5 Å². The summed E-state index contributed by atoms with van der Waals surface area (Å²) in [4.78, 5) is 12.5. The summed E-state index contributed by atoms with van der Waals surface area (Å²) < 4.78 is 38.2. The largest absolute Gasteiger partial charge is 0.495 e. The second kappa shape index (κ2) is 9.52. The van der Waals surface area contributed by atoms with Crippen LogP contribution in [0.15, 0.2) is 23.1 Å². The number of rotatable bonds is 8. The molecule has 0 saturated carbocycles. The van der Waals surface area contributed by atoms with Crippen LogP contribution in [-0.4, -0.2) is 59.1 Å². The van der Waals surface area contributed by atoms with Crippen LogP contribution in [0, 0.1) is 5.92 Å². The molecule has 0 aromatic heterocycles. The monoisotopic (exact) mass is 398 g/mol. The maximum Gasteiger partial charge on any atom is 0.246 e. The van der Waals surface area contributed by atoms with E-state index in [4.69, 9.17) is 9.47 Å². The lowest BCUT2D eigenvalue weighted by Gasteiger charge is -2.31. The Balaban J connectivity index is 2.23. The van der Waals surface area contributed by atoms with Gasteiger partial charge < -0.3 is 14.8 Å². The van der Waals surface area contributed by atoms with Crippen molar-refractivity contribution in [2.45, 2.75) is 37.5 Å². The molecular weight excluding hydrogens is 368 g/mol. The fourth-order valence-corrected chi connectivity index (χ4v) is 4.90. The quantitative estimate of drug-likeness (QED) is 0.677. The molecule has 0 radical (unpaired) electrons. The van der Waals surface area contributed by atoms with Crippen molar-refractivity contribution in [3.05, 3.63) is 23.8 Å². The van der Waals surface area contributed by atoms with Gasteiger partial charge in [0.05, 0.1) is 19.6 Å². The fourth-order valence-electron chi connectivity index (χ4n) is 3.19. The predicted molar refractivity (Wildman–Crippen MR) is 103 cm³/mol. The first-order chi connectivity index (χ1) is 12.8. The van der Waals surface area contributed by atoms with Gasteiger partial charge in [-0.3, -0.25) is 4.79 Å². The predicted octanol–water partition coefficient (Wildman–Crippen LogP) is 1.98. The molecule has 0 spiro atoms. The van der Waals surface area contributed by atoms with Gasteiger partial charge in [0.25, 0.3) is 0 Å². The number of ether oxygens (including phenoxy) is 2. The number of hydrogen-bond donors (Lipinski definition) is 1. The minimum Gasteiger partial charge on any atom is -0.495 e. The highest BCUT2D eigenvalue weighted by Gasteiger charge is 2.35. The number of sulfonamides is 1. The topological polar surface area (TPSA) is 84.9 Å². The van der Waals surface area contributed by atoms with E-state index in [2.05, 4.69) is 5.32 Å². The zero-order valence-electron chi connectivity index (χ0n) is 16.5. The number of nitrogens with zero attached hydrogens (tertiary/aromatic N) is 1. The minimum absolute atomic E-state index is 0.130. The number of hydrogen-bond acceptors (Lipinski definition) is 5. The summed E-state index contributed by atoms with van der Waals surface area (Å²) in [6.07, 6.45) is 1.32. The number of nitrogens with one attached hydrogen (secondary N) is 1. The van der Waals surface area contributed by atoms with Crippen LogP contribution in [0.5, 0.6) is 5.75 Å². The lowest BCUT2D eigenvalue weighted by Crippen LogP contribution is -2.45. The second-order valence-electron chi connectivity index (χ2n) is 7.05. The molecule has 1 aromatic rings. The first kappa shape index (κ1) is 21.7. The van der Waals surface area contributed by atoms with E-state index in [9.17, 15) is 13.2 Å². The SMILES string of the molecule is COCCNC(=O)[C@H]1CCCN(S(=O)(=O)c2cc(C(C)C)ccc2OC)C1. The van der Waals surface area contributed by atoms with Crippen LogP contribution in [0.4, 0.5) is 0 Å². The zero-order chi connectivity index (χ0) is 20.0. The Kier molecular flexibility index (Phi) is 7.64. The number of amides is 1. The highest BCUT2D eigenvalue weighted by atomic mass is 32.2. The molecule has 7 nitrogen and oxygen atoms in total. The first-order valence-electron chi connectivity index (χ1n) is 9.26. The average Bonchev–Trinajstić information content (AvgIpc) is 2.67. The van der Waals surface area contributed by atoms with Gasteiger partial charge in [0.15, 0.2) is 0 Å². The Hall–Kier alpha value is -1.64. The van der Waals surface area contributed by atoms with Gasteiger partial charge in [0.2, 0.25) is 15.9 Å². The van der Waals surface area contributed by atoms with Crippen molar-refractivity contribution >= 4 is 15.9 Å². The van der Waals surface area contributed by atoms with E-state index < -0.39 is 10.0 Å². The summed E-state index contributed by atoms with van der Waals surface area (Å²) in [5.41, 5.74) is 0.931. The molecule has 1 saturated heterocycles. The van der Waals surface area contributed by atoms with Gasteiger partial charge in [0.1, 0.15) is 10.6 Å². The van der Waals surface area contributed by atoms with Crippen molar-refractivity contribution in [1.82, 2.24) is 9.62 Å². The third kappa shape index (κ3) is 5.21. The normalized spacial score (nSPS) is 18.5. The van der Waals surface area contributed by atoms with Crippen molar-refractivity contribution in [1.29, 1.82) is 0 Å². The molecule has 0 bridgehead atoms. The molecule has 152 valence electrons. The van der Waals surface area contributed by atoms with Crippen LogP contribution in [0.2, 0.25) is 0 Å². The third-order valence-corrected chi connectivity index (χ3v) is 6.72.